The number of hydrogen-bond acceptors (Lipinski definition) is 3. The van der Waals surface area contributed by atoms with E-state index in [-0.39, 0.29) is 36.0 Å². The molecule has 0 aromatic heterocycles. The van der Waals surface area contributed by atoms with Crippen molar-refractivity contribution in [2.75, 3.05) is 19.0 Å². The number of aliphatic hydroxyl groups is 1. The monoisotopic (exact) mass is 368 g/mol. The molecule has 0 atom stereocenters. The number of amides is 2. The fourth-order valence-electron chi connectivity index (χ4n) is 3.07. The van der Waals surface area contributed by atoms with Crippen molar-refractivity contribution in [3.05, 3.63) is 70.5 Å². The Labute approximate surface area is 157 Å². The maximum absolute atomic E-state index is 13.9. The molecule has 0 radical (unpaired) electrons. The number of benzene rings is 2. The van der Waals surface area contributed by atoms with E-state index >= 15 is 0 Å². The van der Waals surface area contributed by atoms with E-state index in [1.807, 2.05) is 0 Å². The Balaban J connectivity index is 2.06. The molecule has 140 valence electrons. The smallest absolute Gasteiger partial charge is 0.253 e. The highest BCUT2D eigenvalue weighted by Crippen LogP contribution is 2.34. The molecule has 0 bridgehead atoms. The van der Waals surface area contributed by atoms with Crippen molar-refractivity contribution in [2.24, 2.45) is 0 Å². The SMILES string of the molecule is Cc1ccc(CN2C(=O)CC(C(=O)N(C)C)=C(O)c3ccccc32)cc1F. The van der Waals surface area contributed by atoms with E-state index in [4.69, 9.17) is 0 Å². The number of rotatable bonds is 3. The summed E-state index contributed by atoms with van der Waals surface area (Å²) in [5, 5.41) is 10.7. The number of carbonyl (C=O) groups excluding carboxylic acids is 2. The third-order valence-corrected chi connectivity index (χ3v) is 4.61. The van der Waals surface area contributed by atoms with Gasteiger partial charge in [-0.1, -0.05) is 24.3 Å². The van der Waals surface area contributed by atoms with Crippen LogP contribution < -0.4 is 4.90 Å². The van der Waals surface area contributed by atoms with Gasteiger partial charge in [0.25, 0.3) is 5.91 Å². The van der Waals surface area contributed by atoms with Crippen molar-refractivity contribution in [1.82, 2.24) is 4.90 Å². The summed E-state index contributed by atoms with van der Waals surface area (Å²) in [5.41, 5.74) is 2.10. The number of halogens is 1. The predicted octanol–water partition coefficient (Wildman–Crippen LogP) is 3.43. The van der Waals surface area contributed by atoms with Crippen LogP contribution in [0.3, 0.4) is 0 Å². The van der Waals surface area contributed by atoms with Gasteiger partial charge < -0.3 is 14.9 Å². The van der Waals surface area contributed by atoms with Gasteiger partial charge in [0.15, 0.2) is 0 Å². The summed E-state index contributed by atoms with van der Waals surface area (Å²) in [5.74, 6) is -1.29. The highest BCUT2D eigenvalue weighted by Gasteiger charge is 2.31. The quantitative estimate of drug-likeness (QED) is 0.903. The number of hydrogen-bond donors (Lipinski definition) is 1. The topological polar surface area (TPSA) is 60.9 Å². The first kappa shape index (κ1) is 18.6. The molecule has 0 unspecified atom stereocenters. The number of carbonyl (C=O) groups is 2. The van der Waals surface area contributed by atoms with Crippen LogP contribution in [0.15, 0.2) is 48.0 Å². The van der Waals surface area contributed by atoms with Crippen molar-refractivity contribution >= 4 is 23.3 Å². The van der Waals surface area contributed by atoms with Crippen LogP contribution in [0.1, 0.15) is 23.1 Å². The normalized spacial score (nSPS) is 14.1. The summed E-state index contributed by atoms with van der Waals surface area (Å²) in [6.45, 7) is 1.82. The molecule has 1 aliphatic heterocycles. The van der Waals surface area contributed by atoms with E-state index in [0.29, 0.717) is 22.4 Å². The minimum absolute atomic E-state index is 0.0510. The lowest BCUT2D eigenvalue weighted by Crippen LogP contribution is -2.32. The summed E-state index contributed by atoms with van der Waals surface area (Å²) in [7, 11) is 3.13. The molecule has 6 heteroatoms. The molecule has 2 aromatic rings. The van der Waals surface area contributed by atoms with Gasteiger partial charge in [0.1, 0.15) is 11.6 Å². The zero-order valence-electron chi connectivity index (χ0n) is 15.5. The number of likely N-dealkylation sites (N-methyl/N-ethyl adjacent to an activating group) is 1. The summed E-state index contributed by atoms with van der Waals surface area (Å²) in [6, 6.07) is 11.7. The lowest BCUT2D eigenvalue weighted by molar-refractivity contribution is -0.126. The lowest BCUT2D eigenvalue weighted by Gasteiger charge is -2.23. The van der Waals surface area contributed by atoms with Gasteiger partial charge in [-0.3, -0.25) is 9.59 Å². The number of anilines is 1. The van der Waals surface area contributed by atoms with Crippen LogP contribution in [-0.2, 0) is 16.1 Å². The second-order valence-corrected chi connectivity index (χ2v) is 6.78. The van der Waals surface area contributed by atoms with E-state index in [1.165, 1.54) is 15.9 Å². The fourth-order valence-corrected chi connectivity index (χ4v) is 3.07. The summed E-state index contributed by atoms with van der Waals surface area (Å²) in [6.07, 6.45) is -0.230. The van der Waals surface area contributed by atoms with Crippen LogP contribution >= 0.6 is 0 Å². The van der Waals surface area contributed by atoms with Crippen molar-refractivity contribution < 1.29 is 19.1 Å². The minimum Gasteiger partial charge on any atom is -0.507 e. The molecule has 2 aromatic carbocycles. The highest BCUT2D eigenvalue weighted by molar-refractivity contribution is 6.10. The Morgan fingerprint density at radius 2 is 1.93 bits per heavy atom. The van der Waals surface area contributed by atoms with Crippen LogP contribution in [0, 0.1) is 12.7 Å². The molecule has 0 fully saturated rings. The van der Waals surface area contributed by atoms with Crippen molar-refractivity contribution in [1.29, 1.82) is 0 Å². The predicted molar refractivity (Wildman–Crippen MR) is 102 cm³/mol. The zero-order valence-corrected chi connectivity index (χ0v) is 15.5. The largest absolute Gasteiger partial charge is 0.507 e. The zero-order chi connectivity index (χ0) is 19.7. The summed E-state index contributed by atoms with van der Waals surface area (Å²) in [4.78, 5) is 28.2. The third kappa shape index (κ3) is 3.56. The molecule has 5 nitrogen and oxygen atoms in total. The molecule has 2 amide bonds. The number of para-hydroxylation sites is 1. The first-order valence-electron chi connectivity index (χ1n) is 8.58. The first-order valence-corrected chi connectivity index (χ1v) is 8.58. The van der Waals surface area contributed by atoms with Crippen molar-refractivity contribution in [2.45, 2.75) is 19.9 Å². The molecule has 27 heavy (non-hydrogen) atoms. The van der Waals surface area contributed by atoms with Gasteiger partial charge >= 0.3 is 0 Å². The third-order valence-electron chi connectivity index (χ3n) is 4.61. The van der Waals surface area contributed by atoms with Crippen molar-refractivity contribution in [3.63, 3.8) is 0 Å². The molecule has 0 spiro atoms. The molecule has 3 rings (SSSR count). The molecular weight excluding hydrogens is 347 g/mol. The second-order valence-electron chi connectivity index (χ2n) is 6.78. The van der Waals surface area contributed by atoms with Crippen LogP contribution in [-0.4, -0.2) is 35.9 Å². The Morgan fingerprint density at radius 3 is 2.59 bits per heavy atom. The van der Waals surface area contributed by atoms with E-state index in [2.05, 4.69) is 0 Å². The molecule has 1 heterocycles. The first-order chi connectivity index (χ1) is 12.8. The molecule has 0 saturated heterocycles. The number of nitrogens with zero attached hydrogens (tertiary/aromatic N) is 2. The number of aryl methyl sites for hydroxylation is 1. The van der Waals surface area contributed by atoms with Gasteiger partial charge in [-0.05, 0) is 36.2 Å². The van der Waals surface area contributed by atoms with Crippen LogP contribution in [0.4, 0.5) is 10.1 Å². The van der Waals surface area contributed by atoms with Crippen LogP contribution in [0.5, 0.6) is 0 Å². The molecule has 1 aliphatic rings. The summed E-state index contributed by atoms with van der Waals surface area (Å²) < 4.78 is 13.9. The second kappa shape index (κ2) is 7.23. The van der Waals surface area contributed by atoms with Crippen LogP contribution in [0.25, 0.3) is 5.76 Å². The van der Waals surface area contributed by atoms with E-state index in [0.717, 1.165) is 0 Å². The van der Waals surface area contributed by atoms with Crippen molar-refractivity contribution in [3.8, 4) is 0 Å². The minimum atomic E-state index is -0.418. The molecule has 0 aliphatic carbocycles. The molecular formula is C21H21FN2O3. The maximum Gasteiger partial charge on any atom is 0.253 e. The number of fused-ring (bicyclic) bond motifs is 1. The van der Waals surface area contributed by atoms with E-state index < -0.39 is 5.91 Å². The lowest BCUT2D eigenvalue weighted by atomic mass is 10.1. The average Bonchev–Trinajstić information content (AvgIpc) is 2.74. The van der Waals surface area contributed by atoms with E-state index in [1.54, 1.807) is 57.4 Å². The Kier molecular flexibility index (Phi) is 4.99. The Bertz CT molecular complexity index is 950. The molecule has 1 N–H and O–H groups in total. The molecule has 0 saturated carbocycles. The maximum atomic E-state index is 13.9. The number of aliphatic hydroxyl groups excluding tert-OH is 1. The van der Waals surface area contributed by atoms with Gasteiger partial charge in [-0.25, -0.2) is 4.39 Å². The van der Waals surface area contributed by atoms with Gasteiger partial charge in [0, 0.05) is 19.7 Å². The van der Waals surface area contributed by atoms with Gasteiger partial charge in [-0.2, -0.15) is 0 Å². The van der Waals surface area contributed by atoms with Crippen LogP contribution in [0.2, 0.25) is 0 Å². The van der Waals surface area contributed by atoms with Gasteiger partial charge in [-0.15, -0.1) is 0 Å². The Morgan fingerprint density at radius 1 is 1.22 bits per heavy atom. The Hall–Kier alpha value is -3.15. The van der Waals surface area contributed by atoms with E-state index in [9.17, 15) is 19.1 Å². The van der Waals surface area contributed by atoms with Gasteiger partial charge in [0.2, 0.25) is 5.91 Å². The fraction of sp³-hybridized carbons (Fsp3) is 0.238. The standard InChI is InChI=1S/C21H21FN2O3/c1-13-8-9-14(10-17(13)22)12-24-18-7-5-4-6-15(18)20(26)16(11-19(24)25)21(27)23(2)3/h4-10,26H,11-12H2,1-3H3. The van der Waals surface area contributed by atoms with Gasteiger partial charge in [0.05, 0.1) is 24.2 Å². The highest BCUT2D eigenvalue weighted by atomic mass is 19.1. The summed E-state index contributed by atoms with van der Waals surface area (Å²) >= 11 is 0. The average molecular weight is 368 g/mol.